The molecule has 0 aliphatic heterocycles. The van der Waals surface area contributed by atoms with Crippen molar-refractivity contribution in [3.63, 3.8) is 0 Å². The Hall–Kier alpha value is -2.88. The van der Waals surface area contributed by atoms with E-state index in [9.17, 15) is 18.0 Å². The highest BCUT2D eigenvalue weighted by Gasteiger charge is 2.21. The Bertz CT molecular complexity index is 937. The van der Waals surface area contributed by atoms with Crippen molar-refractivity contribution in [1.82, 2.24) is 14.8 Å². The van der Waals surface area contributed by atoms with Crippen molar-refractivity contribution in [3.05, 3.63) is 47.7 Å². The molecule has 2 heterocycles. The van der Waals surface area contributed by atoms with Crippen LogP contribution in [0.3, 0.4) is 0 Å². The van der Waals surface area contributed by atoms with E-state index in [1.165, 1.54) is 10.9 Å². The van der Waals surface area contributed by atoms with Gasteiger partial charge in [-0.3, -0.25) is 9.48 Å². The van der Waals surface area contributed by atoms with E-state index in [1.54, 1.807) is 13.2 Å². The van der Waals surface area contributed by atoms with Gasteiger partial charge in [-0.15, -0.1) is 0 Å². The lowest BCUT2D eigenvalue weighted by atomic mass is 10.2. The third-order valence-electron chi connectivity index (χ3n) is 3.05. The zero-order valence-electron chi connectivity index (χ0n) is 12.2. The van der Waals surface area contributed by atoms with Crippen LogP contribution in [0.5, 0.6) is 0 Å². The monoisotopic (exact) mass is 353 g/mol. The van der Waals surface area contributed by atoms with E-state index in [0.29, 0.717) is 11.8 Å². The summed E-state index contributed by atoms with van der Waals surface area (Å²) in [5.74, 6) is -4.20. The summed E-state index contributed by atoms with van der Waals surface area (Å²) in [6.07, 6.45) is 2.98. The van der Waals surface area contributed by atoms with Crippen LogP contribution in [-0.4, -0.2) is 20.7 Å². The first kappa shape index (κ1) is 16.0. The van der Waals surface area contributed by atoms with Crippen molar-refractivity contribution >= 4 is 27.9 Å². The fourth-order valence-electron chi connectivity index (χ4n) is 2.00. The highest BCUT2D eigenvalue weighted by Crippen LogP contribution is 2.33. The molecule has 0 radical (unpaired) electrons. The Morgan fingerprint density at radius 1 is 1.33 bits per heavy atom. The van der Waals surface area contributed by atoms with E-state index in [0.717, 1.165) is 17.4 Å². The van der Waals surface area contributed by atoms with Crippen LogP contribution in [0.4, 0.5) is 23.9 Å². The lowest BCUT2D eigenvalue weighted by Crippen LogP contribution is -2.13. The minimum atomic E-state index is -1.35. The fraction of sp³-hybridized carbons (Fsp3) is 0.0714. The van der Waals surface area contributed by atoms with Crippen molar-refractivity contribution in [2.75, 3.05) is 11.1 Å². The van der Waals surface area contributed by atoms with Crippen LogP contribution in [0, 0.1) is 17.5 Å². The molecule has 0 atom stereocenters. The molecule has 3 N–H and O–H groups in total. The van der Waals surface area contributed by atoms with Crippen LogP contribution in [0.2, 0.25) is 0 Å². The summed E-state index contributed by atoms with van der Waals surface area (Å²) in [6, 6.07) is 1.21. The number of aryl methyl sites for hydroxylation is 1. The number of rotatable bonds is 3. The van der Waals surface area contributed by atoms with E-state index in [2.05, 4.69) is 15.4 Å². The number of thiazole rings is 1. The van der Waals surface area contributed by atoms with E-state index in [1.807, 2.05) is 0 Å². The Kier molecular flexibility index (Phi) is 3.97. The van der Waals surface area contributed by atoms with E-state index < -0.39 is 28.9 Å². The molecule has 2 aromatic heterocycles. The third-order valence-corrected chi connectivity index (χ3v) is 3.97. The van der Waals surface area contributed by atoms with Gasteiger partial charge >= 0.3 is 0 Å². The average Bonchev–Trinajstić information content (AvgIpc) is 3.08. The van der Waals surface area contributed by atoms with Gasteiger partial charge in [0.15, 0.2) is 17.3 Å². The van der Waals surface area contributed by atoms with Gasteiger partial charge < -0.3 is 11.1 Å². The second-order valence-electron chi connectivity index (χ2n) is 4.84. The first-order chi connectivity index (χ1) is 11.3. The van der Waals surface area contributed by atoms with Crippen LogP contribution in [0.15, 0.2) is 24.5 Å². The number of hydrogen-bond donors (Lipinski definition) is 2. The predicted octanol–water partition coefficient (Wildman–Crippen LogP) is 2.80. The summed E-state index contributed by atoms with van der Waals surface area (Å²) < 4.78 is 41.9. The van der Waals surface area contributed by atoms with Crippen molar-refractivity contribution in [3.8, 4) is 10.6 Å². The van der Waals surface area contributed by atoms with Crippen molar-refractivity contribution in [2.45, 2.75) is 0 Å². The Labute approximate surface area is 137 Å². The van der Waals surface area contributed by atoms with E-state index in [-0.39, 0.29) is 15.7 Å². The lowest BCUT2D eigenvalue weighted by Gasteiger charge is -2.01. The van der Waals surface area contributed by atoms with Gasteiger partial charge in [-0.25, -0.2) is 18.2 Å². The summed E-state index contributed by atoms with van der Waals surface area (Å²) in [4.78, 5) is 16.1. The fourth-order valence-corrected chi connectivity index (χ4v) is 2.84. The molecule has 1 aromatic carbocycles. The maximum absolute atomic E-state index is 13.8. The quantitative estimate of drug-likeness (QED) is 0.709. The number of nitrogens with one attached hydrogen (secondary N) is 1. The minimum Gasteiger partial charge on any atom is -0.389 e. The second kappa shape index (κ2) is 5.96. The topological polar surface area (TPSA) is 85.8 Å². The lowest BCUT2D eigenvalue weighted by molar-refractivity contribution is 0.102. The maximum atomic E-state index is 13.8. The molecule has 0 fully saturated rings. The van der Waals surface area contributed by atoms with Crippen LogP contribution >= 0.6 is 11.3 Å². The van der Waals surface area contributed by atoms with Crippen LogP contribution < -0.4 is 11.1 Å². The van der Waals surface area contributed by atoms with Gasteiger partial charge in [-0.1, -0.05) is 11.3 Å². The molecule has 1 amide bonds. The van der Waals surface area contributed by atoms with Crippen LogP contribution in [0.25, 0.3) is 10.6 Å². The van der Waals surface area contributed by atoms with Gasteiger partial charge in [0.1, 0.15) is 15.8 Å². The van der Waals surface area contributed by atoms with Gasteiger partial charge in [0.2, 0.25) is 0 Å². The first-order valence-corrected chi connectivity index (χ1v) is 7.38. The average molecular weight is 353 g/mol. The predicted molar refractivity (Wildman–Crippen MR) is 83.0 cm³/mol. The van der Waals surface area contributed by atoms with Gasteiger partial charge in [0.25, 0.3) is 5.91 Å². The number of amides is 1. The molecular formula is C14H10F3N5OS. The maximum Gasteiger partial charge on any atom is 0.277 e. The number of halogens is 3. The molecule has 0 saturated heterocycles. The largest absolute Gasteiger partial charge is 0.389 e. The first-order valence-electron chi connectivity index (χ1n) is 6.56. The van der Waals surface area contributed by atoms with Crippen LogP contribution in [-0.2, 0) is 7.05 Å². The number of carbonyl (C=O) groups is 1. The van der Waals surface area contributed by atoms with Crippen LogP contribution in [0.1, 0.15) is 10.5 Å². The molecule has 3 rings (SSSR count). The molecule has 0 unspecified atom stereocenters. The minimum absolute atomic E-state index is 0.00420. The molecule has 3 aromatic rings. The molecule has 124 valence electrons. The number of anilines is 2. The number of nitrogens with two attached hydrogens (primary N) is 1. The molecule has 0 spiro atoms. The van der Waals surface area contributed by atoms with E-state index >= 15 is 0 Å². The second-order valence-corrected chi connectivity index (χ2v) is 5.87. The summed E-state index contributed by atoms with van der Waals surface area (Å²) in [7, 11) is 1.67. The smallest absolute Gasteiger partial charge is 0.277 e. The standard InChI is InChI=1S/C14H10F3N5OS/c1-22-5-7(4-19-22)20-13(23)11-12(18)24-14(21-11)8-2-6(15)3-9(16)10(8)17/h2-5H,18H2,1H3,(H,20,23). The van der Waals surface area contributed by atoms with Gasteiger partial charge in [0.05, 0.1) is 17.4 Å². The highest BCUT2D eigenvalue weighted by molar-refractivity contribution is 7.19. The SMILES string of the molecule is Cn1cc(NC(=O)c2nc(-c3cc(F)cc(F)c3F)sc2N)cn1. The number of aromatic nitrogens is 3. The molecule has 10 heteroatoms. The van der Waals surface area contributed by atoms with Crippen molar-refractivity contribution < 1.29 is 18.0 Å². The number of nitrogen functional groups attached to an aromatic ring is 1. The number of benzene rings is 1. The summed E-state index contributed by atoms with van der Waals surface area (Å²) >= 11 is 0.755. The summed E-state index contributed by atoms with van der Waals surface area (Å²) in [5, 5.41) is 6.31. The van der Waals surface area contributed by atoms with Crippen molar-refractivity contribution in [1.29, 1.82) is 0 Å². The molecule has 0 saturated carbocycles. The molecule has 0 aliphatic carbocycles. The normalized spacial score (nSPS) is 10.8. The number of nitrogens with zero attached hydrogens (tertiary/aromatic N) is 3. The molecule has 6 nitrogen and oxygen atoms in total. The number of hydrogen-bond acceptors (Lipinski definition) is 5. The molecular weight excluding hydrogens is 343 g/mol. The molecule has 0 aliphatic rings. The zero-order valence-corrected chi connectivity index (χ0v) is 13.0. The summed E-state index contributed by atoms with van der Waals surface area (Å²) in [6.45, 7) is 0. The molecule has 24 heavy (non-hydrogen) atoms. The highest BCUT2D eigenvalue weighted by atomic mass is 32.1. The van der Waals surface area contributed by atoms with Gasteiger partial charge in [0, 0.05) is 19.3 Å². The summed E-state index contributed by atoms with van der Waals surface area (Å²) in [5.41, 5.74) is 5.58. The van der Waals surface area contributed by atoms with E-state index in [4.69, 9.17) is 5.73 Å². The van der Waals surface area contributed by atoms with Gasteiger partial charge in [-0.05, 0) is 6.07 Å². The molecule has 0 bridgehead atoms. The van der Waals surface area contributed by atoms with Crippen molar-refractivity contribution in [2.24, 2.45) is 7.05 Å². The zero-order chi connectivity index (χ0) is 17.4. The Balaban J connectivity index is 1.94. The Morgan fingerprint density at radius 2 is 2.08 bits per heavy atom. The third kappa shape index (κ3) is 2.95. The number of carbonyl (C=O) groups excluding carboxylic acids is 1. The van der Waals surface area contributed by atoms with Gasteiger partial charge in [-0.2, -0.15) is 5.10 Å². The Morgan fingerprint density at radius 3 is 2.75 bits per heavy atom.